The summed E-state index contributed by atoms with van der Waals surface area (Å²) in [4.78, 5) is 26.7. The summed E-state index contributed by atoms with van der Waals surface area (Å²) >= 11 is 1.78. The van der Waals surface area contributed by atoms with E-state index in [1.54, 1.807) is 11.3 Å². The Balaban J connectivity index is 1.37. The van der Waals surface area contributed by atoms with E-state index in [0.29, 0.717) is 25.9 Å². The van der Waals surface area contributed by atoms with Gasteiger partial charge < -0.3 is 5.32 Å². The van der Waals surface area contributed by atoms with Crippen LogP contribution in [-0.4, -0.2) is 60.7 Å². The van der Waals surface area contributed by atoms with Gasteiger partial charge in [-0.25, -0.2) is 8.42 Å². The third kappa shape index (κ3) is 4.64. The van der Waals surface area contributed by atoms with E-state index in [0.717, 1.165) is 25.6 Å². The van der Waals surface area contributed by atoms with Gasteiger partial charge in [0.2, 0.25) is 15.9 Å². The standard InChI is InChI=1S/C20H24N4O5S2/c25-20(21-8-11-22-10-6-19-15(14-22)7-12-30-19)18-5-2-9-23(18)31(28,29)17-4-1-3-16(13-17)24(26)27/h1,3-4,7,12-13,18H,2,5-6,8-11,14H2,(H,21,25). The molecule has 1 amide bonds. The minimum Gasteiger partial charge on any atom is -0.353 e. The second-order valence-electron chi connectivity index (χ2n) is 7.71. The van der Waals surface area contributed by atoms with Crippen molar-refractivity contribution >= 4 is 33.0 Å². The van der Waals surface area contributed by atoms with Crippen molar-refractivity contribution < 1.29 is 18.1 Å². The maximum absolute atomic E-state index is 13.1. The predicted molar refractivity (Wildman–Crippen MR) is 116 cm³/mol. The zero-order chi connectivity index (χ0) is 22.0. The number of hydrogen-bond donors (Lipinski definition) is 1. The molecule has 31 heavy (non-hydrogen) atoms. The number of thiophene rings is 1. The Bertz CT molecular complexity index is 1080. The van der Waals surface area contributed by atoms with Crippen molar-refractivity contribution in [2.75, 3.05) is 26.2 Å². The number of nitrogens with zero attached hydrogens (tertiary/aromatic N) is 3. The van der Waals surface area contributed by atoms with Gasteiger partial charge in [0, 0.05) is 49.7 Å². The van der Waals surface area contributed by atoms with E-state index in [9.17, 15) is 23.3 Å². The van der Waals surface area contributed by atoms with E-state index < -0.39 is 21.0 Å². The minimum atomic E-state index is -4.00. The van der Waals surface area contributed by atoms with Crippen molar-refractivity contribution in [1.29, 1.82) is 0 Å². The number of nitro groups is 1. The molecule has 0 aliphatic carbocycles. The van der Waals surface area contributed by atoms with Gasteiger partial charge in [0.15, 0.2) is 0 Å². The molecule has 0 bridgehead atoms. The largest absolute Gasteiger partial charge is 0.353 e. The fourth-order valence-electron chi connectivity index (χ4n) is 4.14. The molecule has 2 aliphatic rings. The molecule has 166 valence electrons. The van der Waals surface area contributed by atoms with E-state index in [1.165, 1.54) is 32.9 Å². The van der Waals surface area contributed by atoms with Crippen LogP contribution in [0.5, 0.6) is 0 Å². The summed E-state index contributed by atoms with van der Waals surface area (Å²) in [5, 5.41) is 16.0. The molecule has 0 spiro atoms. The highest BCUT2D eigenvalue weighted by atomic mass is 32.2. The van der Waals surface area contributed by atoms with Crippen molar-refractivity contribution in [2.45, 2.75) is 36.7 Å². The predicted octanol–water partition coefficient (Wildman–Crippen LogP) is 1.98. The van der Waals surface area contributed by atoms with Crippen LogP contribution in [0, 0.1) is 10.1 Å². The van der Waals surface area contributed by atoms with Gasteiger partial charge in [-0.2, -0.15) is 4.31 Å². The number of rotatable bonds is 7. The summed E-state index contributed by atoms with van der Waals surface area (Å²) in [6, 6.07) is 6.29. The first-order valence-electron chi connectivity index (χ1n) is 10.2. The molecule has 1 unspecified atom stereocenters. The summed E-state index contributed by atoms with van der Waals surface area (Å²) in [5.41, 5.74) is 1.05. The van der Waals surface area contributed by atoms with Gasteiger partial charge in [0.05, 0.1) is 9.82 Å². The molecule has 3 heterocycles. The van der Waals surface area contributed by atoms with Gasteiger partial charge in [-0.15, -0.1) is 11.3 Å². The first-order chi connectivity index (χ1) is 14.9. The van der Waals surface area contributed by atoms with Crippen molar-refractivity contribution in [3.63, 3.8) is 0 Å². The molecule has 1 N–H and O–H groups in total. The number of amides is 1. The third-order valence-electron chi connectivity index (χ3n) is 5.76. The van der Waals surface area contributed by atoms with Crippen LogP contribution in [0.3, 0.4) is 0 Å². The Morgan fingerprint density at radius 2 is 2.13 bits per heavy atom. The normalized spacial score (nSPS) is 19.8. The molecular formula is C20H24N4O5S2. The number of carbonyl (C=O) groups excluding carboxylic acids is 1. The lowest BCUT2D eigenvalue weighted by atomic mass is 10.1. The van der Waals surface area contributed by atoms with Crippen LogP contribution in [0.2, 0.25) is 0 Å². The Hall–Kier alpha value is -2.34. The molecule has 4 rings (SSSR count). The highest BCUT2D eigenvalue weighted by molar-refractivity contribution is 7.89. The molecule has 1 saturated heterocycles. The third-order valence-corrected chi connectivity index (χ3v) is 8.68. The van der Waals surface area contributed by atoms with Crippen LogP contribution < -0.4 is 5.32 Å². The number of non-ortho nitro benzene ring substituents is 1. The van der Waals surface area contributed by atoms with E-state index in [1.807, 2.05) is 0 Å². The average molecular weight is 465 g/mol. The van der Waals surface area contributed by atoms with E-state index >= 15 is 0 Å². The van der Waals surface area contributed by atoms with Gasteiger partial charge in [-0.3, -0.25) is 19.8 Å². The SMILES string of the molecule is O=C(NCCN1CCc2sccc2C1)C1CCCN1S(=O)(=O)c1cccc([N+](=O)[O-])c1. The fourth-order valence-corrected chi connectivity index (χ4v) is 6.72. The summed E-state index contributed by atoms with van der Waals surface area (Å²) in [6.07, 6.45) is 2.01. The van der Waals surface area contributed by atoms with Crippen molar-refractivity contribution in [1.82, 2.24) is 14.5 Å². The van der Waals surface area contributed by atoms with Crippen molar-refractivity contribution in [3.05, 3.63) is 56.3 Å². The number of sulfonamides is 1. The second kappa shape index (κ2) is 9.03. The van der Waals surface area contributed by atoms with Crippen LogP contribution in [0.4, 0.5) is 5.69 Å². The monoisotopic (exact) mass is 464 g/mol. The van der Waals surface area contributed by atoms with Crippen LogP contribution in [0.25, 0.3) is 0 Å². The first-order valence-corrected chi connectivity index (χ1v) is 12.5. The quantitative estimate of drug-likeness (QED) is 0.495. The van der Waals surface area contributed by atoms with Crippen molar-refractivity contribution in [2.24, 2.45) is 0 Å². The maximum Gasteiger partial charge on any atom is 0.270 e. The zero-order valence-corrected chi connectivity index (χ0v) is 18.5. The highest BCUT2D eigenvalue weighted by Crippen LogP contribution is 2.28. The molecule has 0 radical (unpaired) electrons. The molecular weight excluding hydrogens is 440 g/mol. The maximum atomic E-state index is 13.1. The van der Waals surface area contributed by atoms with E-state index in [4.69, 9.17) is 0 Å². The summed E-state index contributed by atoms with van der Waals surface area (Å²) in [7, 11) is -4.00. The number of carbonyl (C=O) groups is 1. The molecule has 2 aliphatic heterocycles. The molecule has 1 fully saturated rings. The fraction of sp³-hybridized carbons (Fsp3) is 0.450. The number of nitrogens with one attached hydrogen (secondary N) is 1. The molecule has 1 aromatic carbocycles. The van der Waals surface area contributed by atoms with E-state index in [2.05, 4.69) is 21.7 Å². The average Bonchev–Trinajstić information content (AvgIpc) is 3.43. The van der Waals surface area contributed by atoms with Crippen molar-refractivity contribution in [3.8, 4) is 0 Å². The summed E-state index contributed by atoms with van der Waals surface area (Å²) < 4.78 is 27.3. The summed E-state index contributed by atoms with van der Waals surface area (Å²) in [6.45, 7) is 3.17. The Labute approximate surface area is 184 Å². The second-order valence-corrected chi connectivity index (χ2v) is 10.6. The topological polar surface area (TPSA) is 113 Å². The smallest absolute Gasteiger partial charge is 0.270 e. The minimum absolute atomic E-state index is 0.165. The van der Waals surface area contributed by atoms with Crippen LogP contribution in [-0.2, 0) is 27.8 Å². The molecule has 9 nitrogen and oxygen atoms in total. The molecule has 2 aromatic rings. The Morgan fingerprint density at radius 3 is 2.94 bits per heavy atom. The van der Waals surface area contributed by atoms with Gasteiger partial charge in [-0.1, -0.05) is 6.07 Å². The van der Waals surface area contributed by atoms with Gasteiger partial charge in [0.1, 0.15) is 6.04 Å². The molecule has 11 heteroatoms. The van der Waals surface area contributed by atoms with Gasteiger partial charge in [0.25, 0.3) is 5.69 Å². The first kappa shape index (κ1) is 21.9. The molecule has 1 aromatic heterocycles. The zero-order valence-electron chi connectivity index (χ0n) is 16.9. The Kier molecular flexibility index (Phi) is 6.37. The van der Waals surface area contributed by atoms with Crippen LogP contribution in [0.15, 0.2) is 40.6 Å². The van der Waals surface area contributed by atoms with Gasteiger partial charge in [-0.05, 0) is 42.3 Å². The van der Waals surface area contributed by atoms with Crippen LogP contribution >= 0.6 is 11.3 Å². The number of nitro benzene ring substituents is 1. The lowest BCUT2D eigenvalue weighted by Gasteiger charge is -2.27. The molecule has 1 atom stereocenters. The lowest BCUT2D eigenvalue weighted by molar-refractivity contribution is -0.385. The van der Waals surface area contributed by atoms with E-state index in [-0.39, 0.29) is 23.0 Å². The van der Waals surface area contributed by atoms with Crippen LogP contribution in [0.1, 0.15) is 23.3 Å². The lowest BCUT2D eigenvalue weighted by Crippen LogP contribution is -2.47. The molecule has 0 saturated carbocycles. The van der Waals surface area contributed by atoms with Gasteiger partial charge >= 0.3 is 0 Å². The summed E-state index contributed by atoms with van der Waals surface area (Å²) in [5.74, 6) is -0.320. The Morgan fingerprint density at radius 1 is 1.29 bits per heavy atom. The highest BCUT2D eigenvalue weighted by Gasteiger charge is 2.39. The number of benzene rings is 1. The number of fused-ring (bicyclic) bond motifs is 1. The number of hydrogen-bond acceptors (Lipinski definition) is 7.